The third-order valence-electron chi connectivity index (χ3n) is 7.08. The minimum atomic E-state index is -0.838. The molecular formula is C29H29N3O5. The Kier molecular flexibility index (Phi) is 6.42. The molecule has 8 heteroatoms. The average Bonchev–Trinajstić information content (AvgIpc) is 3.56. The number of rotatable bonds is 8. The second-order valence-corrected chi connectivity index (χ2v) is 9.47. The van der Waals surface area contributed by atoms with E-state index in [1.54, 1.807) is 0 Å². The van der Waals surface area contributed by atoms with Crippen LogP contribution in [0, 0.1) is 0 Å². The van der Waals surface area contributed by atoms with E-state index in [9.17, 15) is 9.90 Å². The first-order valence-corrected chi connectivity index (χ1v) is 12.5. The molecule has 0 spiro atoms. The van der Waals surface area contributed by atoms with E-state index in [4.69, 9.17) is 14.2 Å². The molecule has 1 saturated heterocycles. The van der Waals surface area contributed by atoms with E-state index in [1.807, 2.05) is 66.9 Å². The lowest BCUT2D eigenvalue weighted by atomic mass is 10.0. The summed E-state index contributed by atoms with van der Waals surface area (Å²) in [6.07, 6.45) is 1.82. The fraction of sp³-hybridized carbons (Fsp3) is 0.276. The van der Waals surface area contributed by atoms with Gasteiger partial charge in [0.15, 0.2) is 11.5 Å². The molecule has 3 heterocycles. The molecule has 0 radical (unpaired) electrons. The summed E-state index contributed by atoms with van der Waals surface area (Å²) in [6, 6.07) is 21.1. The Morgan fingerprint density at radius 2 is 1.76 bits per heavy atom. The van der Waals surface area contributed by atoms with Gasteiger partial charge in [0.1, 0.15) is 18.4 Å². The van der Waals surface area contributed by atoms with E-state index in [0.717, 1.165) is 64.5 Å². The largest absolute Gasteiger partial charge is 0.489 e. The van der Waals surface area contributed by atoms with Gasteiger partial charge in [-0.1, -0.05) is 36.4 Å². The Labute approximate surface area is 215 Å². The van der Waals surface area contributed by atoms with Crippen LogP contribution in [0.1, 0.15) is 22.7 Å². The monoisotopic (exact) mass is 499 g/mol. The number of aromatic nitrogens is 1. The number of fused-ring (bicyclic) bond motifs is 2. The van der Waals surface area contributed by atoms with Crippen molar-refractivity contribution in [3.63, 3.8) is 0 Å². The normalized spacial score (nSPS) is 16.6. The summed E-state index contributed by atoms with van der Waals surface area (Å²) in [4.78, 5) is 20.1. The van der Waals surface area contributed by atoms with Crippen molar-refractivity contribution >= 4 is 16.9 Å². The lowest BCUT2D eigenvalue weighted by Crippen LogP contribution is -2.48. The molecule has 37 heavy (non-hydrogen) atoms. The number of nitrogens with one attached hydrogen (secondary N) is 1. The molecule has 1 aromatic heterocycles. The van der Waals surface area contributed by atoms with E-state index in [-0.39, 0.29) is 6.79 Å². The second-order valence-electron chi connectivity index (χ2n) is 9.47. The third kappa shape index (κ3) is 4.98. The number of carboxylic acid groups (broad SMARTS) is 1. The minimum Gasteiger partial charge on any atom is -0.489 e. The van der Waals surface area contributed by atoms with E-state index in [2.05, 4.69) is 20.9 Å². The van der Waals surface area contributed by atoms with Gasteiger partial charge in [0.2, 0.25) is 6.79 Å². The van der Waals surface area contributed by atoms with Crippen molar-refractivity contribution in [2.24, 2.45) is 0 Å². The first kappa shape index (κ1) is 23.4. The molecular weight excluding hydrogens is 470 g/mol. The van der Waals surface area contributed by atoms with Crippen LogP contribution in [0.4, 0.5) is 0 Å². The van der Waals surface area contributed by atoms with Crippen LogP contribution in [-0.4, -0.2) is 58.8 Å². The molecule has 2 aliphatic heterocycles. The molecule has 8 nitrogen and oxygen atoms in total. The van der Waals surface area contributed by atoms with E-state index >= 15 is 0 Å². The molecule has 2 N–H and O–H groups in total. The summed E-state index contributed by atoms with van der Waals surface area (Å²) >= 11 is 0. The zero-order valence-corrected chi connectivity index (χ0v) is 20.4. The molecule has 3 aromatic carbocycles. The Bertz CT molecular complexity index is 1400. The number of carboxylic acids is 1. The standard InChI is InChI=1S/C29H29N3O5/c33-29(34)28(32-12-10-31(11-13-32)17-21-6-9-26-27(14-21)37-19-36-26)24-16-30-25-15-22(7-8-23(24)25)35-18-20-4-2-1-3-5-20/h1-9,14-16,28,30H,10-13,17-19H2,(H,33,34)/t28-/m0/s1. The highest BCUT2D eigenvalue weighted by Crippen LogP contribution is 2.34. The minimum absolute atomic E-state index is 0.268. The Hall–Kier alpha value is -4.01. The van der Waals surface area contributed by atoms with Crippen LogP contribution in [0.5, 0.6) is 17.2 Å². The predicted molar refractivity (Wildman–Crippen MR) is 139 cm³/mol. The van der Waals surface area contributed by atoms with E-state index < -0.39 is 12.0 Å². The van der Waals surface area contributed by atoms with Crippen molar-refractivity contribution in [1.29, 1.82) is 0 Å². The molecule has 4 aromatic rings. The van der Waals surface area contributed by atoms with Crippen LogP contribution in [0.2, 0.25) is 0 Å². The molecule has 1 fully saturated rings. The van der Waals surface area contributed by atoms with E-state index in [0.29, 0.717) is 19.7 Å². The van der Waals surface area contributed by atoms with Gasteiger partial charge in [-0.15, -0.1) is 0 Å². The lowest BCUT2D eigenvalue weighted by Gasteiger charge is -2.37. The number of hydrogen-bond donors (Lipinski definition) is 2. The van der Waals surface area contributed by atoms with Crippen molar-refractivity contribution in [2.75, 3.05) is 33.0 Å². The summed E-state index contributed by atoms with van der Waals surface area (Å²) in [6.45, 7) is 4.47. The van der Waals surface area contributed by atoms with Crippen LogP contribution in [-0.2, 0) is 17.9 Å². The van der Waals surface area contributed by atoms with Gasteiger partial charge in [0, 0.05) is 61.5 Å². The number of benzene rings is 3. The molecule has 0 bridgehead atoms. The molecule has 0 aliphatic carbocycles. The number of aromatic amines is 1. The van der Waals surface area contributed by atoms with Crippen molar-refractivity contribution in [3.05, 3.63) is 89.6 Å². The Morgan fingerprint density at radius 3 is 2.57 bits per heavy atom. The van der Waals surface area contributed by atoms with Crippen LogP contribution in [0.25, 0.3) is 10.9 Å². The maximum Gasteiger partial charge on any atom is 0.325 e. The highest BCUT2D eigenvalue weighted by Gasteiger charge is 2.32. The fourth-order valence-corrected chi connectivity index (χ4v) is 5.15. The quantitative estimate of drug-likeness (QED) is 0.371. The lowest BCUT2D eigenvalue weighted by molar-refractivity contribution is -0.144. The van der Waals surface area contributed by atoms with Gasteiger partial charge in [-0.05, 0) is 35.4 Å². The molecule has 2 aliphatic rings. The summed E-state index contributed by atoms with van der Waals surface area (Å²) < 4.78 is 16.8. The highest BCUT2D eigenvalue weighted by molar-refractivity contribution is 5.90. The SMILES string of the molecule is O=C(O)[C@H](c1c[nH]c2cc(OCc3ccccc3)ccc12)N1CCN(Cc2ccc3c(c2)OCO3)CC1. The average molecular weight is 500 g/mol. The van der Waals surface area contributed by atoms with Gasteiger partial charge in [-0.25, -0.2) is 0 Å². The van der Waals surface area contributed by atoms with Crippen LogP contribution in [0.15, 0.2) is 72.9 Å². The maximum atomic E-state index is 12.4. The number of piperazine rings is 1. The van der Waals surface area contributed by atoms with Crippen molar-refractivity contribution in [3.8, 4) is 17.2 Å². The smallest absolute Gasteiger partial charge is 0.325 e. The fourth-order valence-electron chi connectivity index (χ4n) is 5.15. The summed E-state index contributed by atoms with van der Waals surface area (Å²) in [5.74, 6) is 1.48. The van der Waals surface area contributed by atoms with Gasteiger partial charge in [0.05, 0.1) is 0 Å². The predicted octanol–water partition coefficient (Wildman–Crippen LogP) is 4.42. The second kappa shape index (κ2) is 10.2. The van der Waals surface area contributed by atoms with Crippen LogP contribution in [0.3, 0.4) is 0 Å². The maximum absolute atomic E-state index is 12.4. The Morgan fingerprint density at radius 1 is 0.946 bits per heavy atom. The molecule has 0 unspecified atom stereocenters. The summed E-state index contributed by atoms with van der Waals surface area (Å²) in [5, 5.41) is 11.1. The van der Waals surface area contributed by atoms with Gasteiger partial charge < -0.3 is 24.3 Å². The molecule has 0 saturated carbocycles. The molecule has 6 rings (SSSR count). The van der Waals surface area contributed by atoms with Crippen molar-refractivity contribution in [2.45, 2.75) is 19.2 Å². The number of nitrogens with zero attached hydrogens (tertiary/aromatic N) is 2. The number of aliphatic carboxylic acids is 1. The van der Waals surface area contributed by atoms with Gasteiger partial charge in [0.25, 0.3) is 0 Å². The Balaban J connectivity index is 1.12. The van der Waals surface area contributed by atoms with Gasteiger partial charge in [-0.3, -0.25) is 14.6 Å². The zero-order valence-electron chi connectivity index (χ0n) is 20.4. The summed E-state index contributed by atoms with van der Waals surface area (Å²) in [5.41, 5.74) is 3.90. The molecule has 0 amide bonds. The first-order valence-electron chi connectivity index (χ1n) is 12.5. The van der Waals surface area contributed by atoms with E-state index in [1.165, 1.54) is 0 Å². The number of carbonyl (C=O) groups is 1. The van der Waals surface area contributed by atoms with Crippen molar-refractivity contribution in [1.82, 2.24) is 14.8 Å². The van der Waals surface area contributed by atoms with Gasteiger partial charge in [-0.2, -0.15) is 0 Å². The number of H-pyrrole nitrogens is 1. The topological polar surface area (TPSA) is 87.3 Å². The van der Waals surface area contributed by atoms with Gasteiger partial charge >= 0.3 is 5.97 Å². The highest BCUT2D eigenvalue weighted by atomic mass is 16.7. The number of ether oxygens (including phenoxy) is 3. The zero-order chi connectivity index (χ0) is 25.2. The van der Waals surface area contributed by atoms with Crippen molar-refractivity contribution < 1.29 is 24.1 Å². The number of hydrogen-bond acceptors (Lipinski definition) is 6. The first-order chi connectivity index (χ1) is 18.1. The molecule has 1 atom stereocenters. The molecule has 190 valence electrons. The third-order valence-corrected chi connectivity index (χ3v) is 7.08. The van der Waals surface area contributed by atoms with Crippen LogP contribution >= 0.6 is 0 Å². The summed E-state index contributed by atoms with van der Waals surface area (Å²) in [7, 11) is 0. The van der Waals surface area contributed by atoms with Crippen LogP contribution < -0.4 is 14.2 Å².